The number of carbonyl (C=O) groups excluding carboxylic acids is 2. The van der Waals surface area contributed by atoms with Crippen molar-refractivity contribution in [3.05, 3.63) is 48.7 Å². The molecular weight excluding hydrogens is 368 g/mol. The van der Waals surface area contributed by atoms with Crippen LogP contribution in [0.1, 0.15) is 20.3 Å². The summed E-state index contributed by atoms with van der Waals surface area (Å²) in [6.45, 7) is 6.71. The van der Waals surface area contributed by atoms with E-state index in [0.29, 0.717) is 31.8 Å². The molecule has 0 bridgehead atoms. The van der Waals surface area contributed by atoms with Crippen LogP contribution >= 0.6 is 0 Å². The van der Waals surface area contributed by atoms with Gasteiger partial charge < -0.3 is 19.4 Å². The van der Waals surface area contributed by atoms with Gasteiger partial charge in [0.05, 0.1) is 5.69 Å². The predicted molar refractivity (Wildman–Crippen MR) is 111 cm³/mol. The summed E-state index contributed by atoms with van der Waals surface area (Å²) in [6, 6.07) is 13.3. The van der Waals surface area contributed by atoms with Crippen molar-refractivity contribution in [2.75, 3.05) is 42.5 Å². The van der Waals surface area contributed by atoms with E-state index in [-0.39, 0.29) is 11.8 Å². The third-order valence-electron chi connectivity index (χ3n) is 5.44. The number of amides is 2. The van der Waals surface area contributed by atoms with Gasteiger partial charge in [-0.1, -0.05) is 18.2 Å². The molecule has 1 aromatic heterocycles. The van der Waals surface area contributed by atoms with Gasteiger partial charge in [-0.2, -0.15) is 0 Å². The van der Waals surface area contributed by atoms with Gasteiger partial charge in [-0.05, 0) is 38.1 Å². The first-order valence-electron chi connectivity index (χ1n) is 9.99. The van der Waals surface area contributed by atoms with Crippen molar-refractivity contribution in [1.29, 1.82) is 0 Å². The van der Waals surface area contributed by atoms with Crippen LogP contribution in [-0.2, 0) is 9.59 Å². The molecule has 0 atom stereocenters. The maximum absolute atomic E-state index is 12.9. The van der Waals surface area contributed by atoms with Crippen molar-refractivity contribution in [2.45, 2.75) is 25.9 Å². The summed E-state index contributed by atoms with van der Waals surface area (Å²) in [5.74, 6) is 1.56. The zero-order valence-electron chi connectivity index (χ0n) is 16.9. The molecule has 1 aromatic carbocycles. The molecule has 0 saturated carbocycles. The van der Waals surface area contributed by atoms with Crippen molar-refractivity contribution in [1.82, 2.24) is 9.88 Å². The van der Waals surface area contributed by atoms with Gasteiger partial charge in [-0.15, -0.1) is 0 Å². The van der Waals surface area contributed by atoms with Crippen LogP contribution in [0.15, 0.2) is 48.7 Å². The monoisotopic (exact) mass is 394 g/mol. The molecule has 2 amide bonds. The zero-order chi connectivity index (χ0) is 20.4. The molecule has 1 saturated heterocycles. The van der Waals surface area contributed by atoms with Gasteiger partial charge in [-0.25, -0.2) is 4.98 Å². The summed E-state index contributed by atoms with van der Waals surface area (Å²) in [5, 5.41) is 0. The van der Waals surface area contributed by atoms with Crippen LogP contribution in [0, 0.1) is 0 Å². The van der Waals surface area contributed by atoms with Crippen LogP contribution in [-0.4, -0.2) is 60.0 Å². The van der Waals surface area contributed by atoms with Crippen LogP contribution in [0.2, 0.25) is 0 Å². The smallest absolute Gasteiger partial charge is 0.270 e. The highest BCUT2D eigenvalue weighted by atomic mass is 16.5. The molecule has 0 radical (unpaired) electrons. The third kappa shape index (κ3) is 3.90. The minimum Gasteiger partial charge on any atom is -0.476 e. The van der Waals surface area contributed by atoms with Crippen molar-refractivity contribution in [3.63, 3.8) is 0 Å². The van der Waals surface area contributed by atoms with Gasteiger partial charge in [0.1, 0.15) is 11.6 Å². The molecule has 7 heteroatoms. The van der Waals surface area contributed by atoms with Gasteiger partial charge in [0, 0.05) is 45.3 Å². The Labute approximate surface area is 170 Å². The summed E-state index contributed by atoms with van der Waals surface area (Å²) >= 11 is 0. The van der Waals surface area contributed by atoms with E-state index in [1.807, 2.05) is 47.4 Å². The molecular formula is C22H26N4O3. The number of benzene rings is 1. The second-order valence-corrected chi connectivity index (χ2v) is 7.84. The predicted octanol–water partition coefficient (Wildman–Crippen LogP) is 2.32. The lowest BCUT2D eigenvalue weighted by atomic mass is 10.0. The summed E-state index contributed by atoms with van der Waals surface area (Å²) in [7, 11) is 0. The minimum atomic E-state index is -0.939. The van der Waals surface area contributed by atoms with Crippen molar-refractivity contribution < 1.29 is 14.3 Å². The van der Waals surface area contributed by atoms with E-state index in [2.05, 4.69) is 9.88 Å². The molecule has 0 unspecified atom stereocenters. The molecule has 0 aliphatic carbocycles. The summed E-state index contributed by atoms with van der Waals surface area (Å²) in [6.07, 6.45) is 2.07. The Hall–Kier alpha value is -3.09. The molecule has 29 heavy (non-hydrogen) atoms. The fourth-order valence-electron chi connectivity index (χ4n) is 3.83. The number of piperazine rings is 1. The second-order valence-electron chi connectivity index (χ2n) is 7.84. The van der Waals surface area contributed by atoms with Gasteiger partial charge in [0.2, 0.25) is 5.91 Å². The van der Waals surface area contributed by atoms with Gasteiger partial charge in [0.25, 0.3) is 5.91 Å². The molecule has 2 aromatic rings. The van der Waals surface area contributed by atoms with Crippen LogP contribution in [0.5, 0.6) is 5.75 Å². The van der Waals surface area contributed by atoms with E-state index in [1.165, 1.54) is 0 Å². The number of para-hydroxylation sites is 2. The number of fused-ring (bicyclic) bond motifs is 1. The average Bonchev–Trinajstić information content (AvgIpc) is 2.74. The Balaban J connectivity index is 1.37. The number of hydrogen-bond donors (Lipinski definition) is 0. The first kappa shape index (κ1) is 19.2. The molecule has 4 rings (SSSR count). The zero-order valence-corrected chi connectivity index (χ0v) is 16.9. The van der Waals surface area contributed by atoms with Crippen LogP contribution in [0.3, 0.4) is 0 Å². The van der Waals surface area contributed by atoms with E-state index in [9.17, 15) is 9.59 Å². The molecule has 0 N–H and O–H groups in total. The average molecular weight is 394 g/mol. The highest BCUT2D eigenvalue weighted by molar-refractivity contribution is 6.02. The first-order valence-corrected chi connectivity index (χ1v) is 9.99. The maximum Gasteiger partial charge on any atom is 0.270 e. The van der Waals surface area contributed by atoms with E-state index < -0.39 is 5.60 Å². The topological polar surface area (TPSA) is 66.0 Å². The number of pyridine rings is 1. The lowest BCUT2D eigenvalue weighted by Gasteiger charge is -2.39. The molecule has 2 aliphatic heterocycles. The summed E-state index contributed by atoms with van der Waals surface area (Å²) in [5.41, 5.74) is -0.212. The normalized spacial score (nSPS) is 18.3. The first-order chi connectivity index (χ1) is 14.0. The van der Waals surface area contributed by atoms with Gasteiger partial charge in [-0.3, -0.25) is 9.59 Å². The number of ether oxygens (including phenoxy) is 1. The maximum atomic E-state index is 12.9. The highest BCUT2D eigenvalue weighted by Crippen LogP contribution is 2.37. The lowest BCUT2D eigenvalue weighted by Crippen LogP contribution is -2.54. The van der Waals surface area contributed by atoms with E-state index in [4.69, 9.17) is 4.74 Å². The van der Waals surface area contributed by atoms with Crippen molar-refractivity contribution in [3.8, 4) is 5.75 Å². The molecule has 2 aliphatic rings. The number of hydrogen-bond acceptors (Lipinski definition) is 5. The molecule has 7 nitrogen and oxygen atoms in total. The fraction of sp³-hybridized carbons (Fsp3) is 0.409. The third-order valence-corrected chi connectivity index (χ3v) is 5.44. The molecule has 152 valence electrons. The van der Waals surface area contributed by atoms with Gasteiger partial charge >= 0.3 is 0 Å². The van der Waals surface area contributed by atoms with Gasteiger partial charge in [0.15, 0.2) is 5.60 Å². The Morgan fingerprint density at radius 3 is 2.52 bits per heavy atom. The number of anilines is 2. The Bertz CT molecular complexity index is 892. The van der Waals surface area contributed by atoms with Crippen molar-refractivity contribution in [2.24, 2.45) is 0 Å². The molecule has 1 fully saturated rings. The Morgan fingerprint density at radius 2 is 1.79 bits per heavy atom. The SMILES string of the molecule is CC1(C)Oc2ccccc2N(CCC(=O)N2CCN(c3ccccn3)CC2)C1=O. The summed E-state index contributed by atoms with van der Waals surface area (Å²) < 4.78 is 5.84. The number of aromatic nitrogens is 1. The van der Waals surface area contributed by atoms with Crippen LogP contribution in [0.25, 0.3) is 0 Å². The van der Waals surface area contributed by atoms with Crippen molar-refractivity contribution >= 4 is 23.3 Å². The number of carbonyl (C=O) groups is 2. The van der Waals surface area contributed by atoms with E-state index in [0.717, 1.165) is 24.6 Å². The second kappa shape index (κ2) is 7.73. The Kier molecular flexibility index (Phi) is 5.13. The fourth-order valence-corrected chi connectivity index (χ4v) is 3.83. The van der Waals surface area contributed by atoms with E-state index in [1.54, 1.807) is 24.9 Å². The summed E-state index contributed by atoms with van der Waals surface area (Å²) in [4.78, 5) is 35.8. The van der Waals surface area contributed by atoms with E-state index >= 15 is 0 Å². The molecule has 0 spiro atoms. The highest BCUT2D eigenvalue weighted by Gasteiger charge is 2.40. The van der Waals surface area contributed by atoms with Crippen LogP contribution in [0.4, 0.5) is 11.5 Å². The quantitative estimate of drug-likeness (QED) is 0.796. The van der Waals surface area contributed by atoms with Crippen LogP contribution < -0.4 is 14.5 Å². The number of nitrogens with zero attached hydrogens (tertiary/aromatic N) is 4. The molecule has 3 heterocycles. The standard InChI is InChI=1S/C22H26N4O3/c1-22(2)21(28)26(17-7-3-4-8-18(17)29-22)12-10-20(27)25-15-13-24(14-16-25)19-9-5-6-11-23-19/h3-9,11H,10,12-16H2,1-2H3. The lowest BCUT2D eigenvalue weighted by molar-refractivity contribution is -0.133. The minimum absolute atomic E-state index is 0.0697. The Morgan fingerprint density at radius 1 is 1.07 bits per heavy atom. The number of rotatable bonds is 4. The largest absolute Gasteiger partial charge is 0.476 e.